The lowest BCUT2D eigenvalue weighted by Gasteiger charge is -2.06. The van der Waals surface area contributed by atoms with E-state index in [0.717, 1.165) is 27.9 Å². The van der Waals surface area contributed by atoms with Crippen LogP contribution in [0.3, 0.4) is 0 Å². The minimum Gasteiger partial charge on any atom is -0.267 e. The van der Waals surface area contributed by atoms with Gasteiger partial charge in [-0.1, -0.05) is 48.5 Å². The number of carbonyl (C=O) groups excluding carboxylic acids is 1. The molecule has 0 radical (unpaired) electrons. The molecule has 1 heterocycles. The van der Waals surface area contributed by atoms with E-state index in [1.165, 1.54) is 5.39 Å². The van der Waals surface area contributed by atoms with Crippen LogP contribution in [0, 0.1) is 13.8 Å². The Morgan fingerprint density at radius 2 is 1.76 bits per heavy atom. The molecule has 1 aromatic heterocycles. The molecule has 1 amide bonds. The number of fused-ring (bicyclic) bond motifs is 1. The highest BCUT2D eigenvalue weighted by atomic mass is 16.2. The Morgan fingerprint density at radius 1 is 1.00 bits per heavy atom. The van der Waals surface area contributed by atoms with Gasteiger partial charge in [0.15, 0.2) is 0 Å². The van der Waals surface area contributed by atoms with Crippen LogP contribution in [0.2, 0.25) is 0 Å². The smallest absolute Gasteiger partial charge is 0.267 e. The molecule has 0 bridgehead atoms. The summed E-state index contributed by atoms with van der Waals surface area (Å²) in [5.41, 5.74) is 7.30. The van der Waals surface area contributed by atoms with Crippen LogP contribution >= 0.6 is 0 Å². The number of benzene rings is 3. The maximum absolute atomic E-state index is 12.3. The monoisotopic (exact) mass is 382 g/mol. The van der Waals surface area contributed by atoms with Crippen molar-refractivity contribution in [3.63, 3.8) is 0 Å². The molecular weight excluding hydrogens is 360 g/mol. The Kier molecular flexibility index (Phi) is 5.20. The molecule has 4 aromatic rings. The van der Waals surface area contributed by atoms with E-state index in [2.05, 4.69) is 33.8 Å². The second-order valence-electron chi connectivity index (χ2n) is 7.09. The molecule has 0 fully saturated rings. The van der Waals surface area contributed by atoms with Crippen molar-refractivity contribution in [2.45, 2.75) is 20.4 Å². The summed E-state index contributed by atoms with van der Waals surface area (Å²) >= 11 is 0. The first-order valence-corrected chi connectivity index (χ1v) is 9.51. The summed E-state index contributed by atoms with van der Waals surface area (Å²) in [4.78, 5) is 12.3. The zero-order valence-electron chi connectivity index (χ0n) is 16.5. The second kappa shape index (κ2) is 8.10. The molecule has 0 saturated carbocycles. The molecule has 3 aromatic carbocycles. The van der Waals surface area contributed by atoms with E-state index in [1.54, 1.807) is 6.21 Å². The Morgan fingerprint density at radius 3 is 2.48 bits per heavy atom. The van der Waals surface area contributed by atoms with Crippen LogP contribution in [-0.4, -0.2) is 21.9 Å². The molecule has 0 aliphatic rings. The lowest BCUT2D eigenvalue weighted by Crippen LogP contribution is -2.17. The zero-order chi connectivity index (χ0) is 20.2. The van der Waals surface area contributed by atoms with Gasteiger partial charge in [0.1, 0.15) is 0 Å². The molecule has 0 atom stereocenters. The van der Waals surface area contributed by atoms with Gasteiger partial charge in [-0.3, -0.25) is 9.48 Å². The van der Waals surface area contributed by atoms with E-state index in [4.69, 9.17) is 0 Å². The first kappa shape index (κ1) is 18.6. The predicted molar refractivity (Wildman–Crippen MR) is 116 cm³/mol. The molecule has 0 aliphatic carbocycles. The third-order valence-electron chi connectivity index (χ3n) is 4.81. The summed E-state index contributed by atoms with van der Waals surface area (Å²) in [6, 6.07) is 23.7. The maximum atomic E-state index is 12.3. The van der Waals surface area contributed by atoms with Crippen LogP contribution in [0.4, 0.5) is 0 Å². The van der Waals surface area contributed by atoms with Gasteiger partial charge in [0.05, 0.1) is 18.5 Å². The number of carbonyl (C=O) groups is 1. The van der Waals surface area contributed by atoms with Crippen LogP contribution in [-0.2, 0) is 6.54 Å². The number of hydrogen-bond donors (Lipinski definition) is 1. The molecule has 4 rings (SSSR count). The predicted octanol–water partition coefficient (Wildman–Crippen LogP) is 4.47. The van der Waals surface area contributed by atoms with Gasteiger partial charge in [0.2, 0.25) is 0 Å². The zero-order valence-corrected chi connectivity index (χ0v) is 16.5. The van der Waals surface area contributed by atoms with Crippen molar-refractivity contribution < 1.29 is 4.79 Å². The van der Waals surface area contributed by atoms with E-state index in [0.29, 0.717) is 12.1 Å². The summed E-state index contributed by atoms with van der Waals surface area (Å²) in [6.07, 6.45) is 1.65. The molecule has 29 heavy (non-hydrogen) atoms. The number of nitrogens with one attached hydrogen (secondary N) is 1. The molecule has 0 unspecified atom stereocenters. The molecule has 5 nitrogen and oxygen atoms in total. The van der Waals surface area contributed by atoms with Crippen molar-refractivity contribution in [3.05, 3.63) is 101 Å². The summed E-state index contributed by atoms with van der Waals surface area (Å²) < 4.78 is 1.96. The van der Waals surface area contributed by atoms with Crippen molar-refractivity contribution in [1.29, 1.82) is 0 Å². The summed E-state index contributed by atoms with van der Waals surface area (Å²) in [5, 5.41) is 10.9. The molecule has 5 heteroatoms. The number of aryl methyl sites for hydroxylation is 2. The summed E-state index contributed by atoms with van der Waals surface area (Å²) in [6.45, 7) is 4.70. The fraction of sp³-hybridized carbons (Fsp3) is 0.125. The average molecular weight is 382 g/mol. The Labute approximate surface area is 169 Å². The van der Waals surface area contributed by atoms with E-state index in [1.807, 2.05) is 73.1 Å². The van der Waals surface area contributed by atoms with Gasteiger partial charge >= 0.3 is 0 Å². The fourth-order valence-corrected chi connectivity index (χ4v) is 3.29. The topological polar surface area (TPSA) is 59.3 Å². The van der Waals surface area contributed by atoms with E-state index < -0.39 is 0 Å². The molecular formula is C24H22N4O. The minimum absolute atomic E-state index is 0.236. The molecule has 0 spiro atoms. The number of nitrogens with zero attached hydrogens (tertiary/aromatic N) is 3. The molecule has 0 saturated heterocycles. The molecule has 144 valence electrons. The highest BCUT2D eigenvalue weighted by Gasteiger charge is 2.06. The van der Waals surface area contributed by atoms with Gasteiger partial charge in [0.25, 0.3) is 5.91 Å². The van der Waals surface area contributed by atoms with Gasteiger partial charge in [-0.25, -0.2) is 5.43 Å². The number of amides is 1. The highest BCUT2D eigenvalue weighted by Crippen LogP contribution is 2.14. The van der Waals surface area contributed by atoms with E-state index in [-0.39, 0.29) is 5.91 Å². The standard InChI is InChI=1S/C24H22N4O/c1-17-13-18(2)28(27-17)16-19-7-11-22(12-8-19)24(29)26-25-15-20-9-10-21-5-3-4-6-23(21)14-20/h3-15H,16H2,1-2H3,(H,26,29). The van der Waals surface area contributed by atoms with Gasteiger partial charge in [0, 0.05) is 11.3 Å². The van der Waals surface area contributed by atoms with Gasteiger partial charge in [-0.05, 0) is 60.0 Å². The van der Waals surface area contributed by atoms with E-state index >= 15 is 0 Å². The Balaban J connectivity index is 1.38. The lowest BCUT2D eigenvalue weighted by molar-refractivity contribution is 0.0955. The maximum Gasteiger partial charge on any atom is 0.271 e. The Hall–Kier alpha value is -3.73. The highest BCUT2D eigenvalue weighted by molar-refractivity contribution is 5.95. The number of hydrogen-bond acceptors (Lipinski definition) is 3. The first-order chi connectivity index (χ1) is 14.1. The van der Waals surface area contributed by atoms with E-state index in [9.17, 15) is 4.79 Å². The van der Waals surface area contributed by atoms with Crippen LogP contribution in [0.25, 0.3) is 10.8 Å². The molecule has 1 N–H and O–H groups in total. The third kappa shape index (κ3) is 4.41. The number of hydrazone groups is 1. The first-order valence-electron chi connectivity index (χ1n) is 9.51. The second-order valence-corrected chi connectivity index (χ2v) is 7.09. The lowest BCUT2D eigenvalue weighted by atomic mass is 10.1. The number of rotatable bonds is 5. The van der Waals surface area contributed by atoms with Gasteiger partial charge in [-0.2, -0.15) is 10.2 Å². The molecule has 0 aliphatic heterocycles. The summed E-state index contributed by atoms with van der Waals surface area (Å²) in [7, 11) is 0. The van der Waals surface area contributed by atoms with Gasteiger partial charge in [-0.15, -0.1) is 0 Å². The summed E-state index contributed by atoms with van der Waals surface area (Å²) in [5.74, 6) is -0.236. The van der Waals surface area contributed by atoms with Crippen molar-refractivity contribution in [2.75, 3.05) is 0 Å². The van der Waals surface area contributed by atoms with Crippen LogP contribution < -0.4 is 5.43 Å². The van der Waals surface area contributed by atoms with Crippen molar-refractivity contribution in [3.8, 4) is 0 Å². The van der Waals surface area contributed by atoms with Crippen molar-refractivity contribution >= 4 is 22.9 Å². The fourth-order valence-electron chi connectivity index (χ4n) is 3.29. The minimum atomic E-state index is -0.236. The van der Waals surface area contributed by atoms with Crippen LogP contribution in [0.1, 0.15) is 32.9 Å². The van der Waals surface area contributed by atoms with Crippen molar-refractivity contribution in [1.82, 2.24) is 15.2 Å². The Bertz CT molecular complexity index is 1190. The van der Waals surface area contributed by atoms with Gasteiger partial charge < -0.3 is 0 Å². The SMILES string of the molecule is Cc1cc(C)n(Cc2ccc(C(=O)NN=Cc3ccc4ccccc4c3)cc2)n1. The van der Waals surface area contributed by atoms with Crippen molar-refractivity contribution in [2.24, 2.45) is 5.10 Å². The van der Waals surface area contributed by atoms with Crippen LogP contribution in [0.15, 0.2) is 77.9 Å². The quantitative estimate of drug-likeness (QED) is 0.409. The van der Waals surface area contributed by atoms with Crippen LogP contribution in [0.5, 0.6) is 0 Å². The third-order valence-corrected chi connectivity index (χ3v) is 4.81. The number of aromatic nitrogens is 2. The largest absolute Gasteiger partial charge is 0.271 e. The normalized spacial score (nSPS) is 11.2. The average Bonchev–Trinajstić information content (AvgIpc) is 3.05.